The summed E-state index contributed by atoms with van der Waals surface area (Å²) in [5, 5.41) is 27.1. The lowest BCUT2D eigenvalue weighted by Gasteiger charge is -2.07. The number of carboxylic acids is 3. The Morgan fingerprint density at radius 3 is 1.47 bits per heavy atom. The molecule has 1 rings (SSSR count). The summed E-state index contributed by atoms with van der Waals surface area (Å²) in [6.07, 6.45) is 11.7. The van der Waals surface area contributed by atoms with E-state index < -0.39 is 41.8 Å². The second kappa shape index (κ2) is 15.8. The molecule has 0 bridgehead atoms. The van der Waals surface area contributed by atoms with Crippen LogP contribution in [0.4, 0.5) is 0 Å². The van der Waals surface area contributed by atoms with E-state index in [1.807, 2.05) is 0 Å². The number of esters is 2. The number of cyclic esters (lactones) is 2. The quantitative estimate of drug-likeness (QED) is 0.102. The molecule has 0 saturated carbocycles. The first-order valence-electron chi connectivity index (χ1n) is 12.0. The zero-order chi connectivity index (χ0) is 25.5. The van der Waals surface area contributed by atoms with Crippen LogP contribution in [-0.4, -0.2) is 45.2 Å². The highest BCUT2D eigenvalue weighted by molar-refractivity contribution is 6.12. The summed E-state index contributed by atoms with van der Waals surface area (Å²) < 4.78 is 4.58. The van der Waals surface area contributed by atoms with Crippen molar-refractivity contribution in [2.75, 3.05) is 0 Å². The number of ether oxygens (including phenoxy) is 1. The van der Waals surface area contributed by atoms with Gasteiger partial charge in [-0.2, -0.15) is 0 Å². The minimum absolute atomic E-state index is 0.0542. The highest BCUT2D eigenvalue weighted by atomic mass is 16.6. The van der Waals surface area contributed by atoms with Gasteiger partial charge in [-0.15, -0.1) is 0 Å². The number of carbonyl (C=O) groups excluding carboxylic acids is 2. The summed E-state index contributed by atoms with van der Waals surface area (Å²) in [5.41, 5.74) is 0.0801. The van der Waals surface area contributed by atoms with E-state index >= 15 is 0 Å². The van der Waals surface area contributed by atoms with Gasteiger partial charge in [0.2, 0.25) is 0 Å². The lowest BCUT2D eigenvalue weighted by Crippen LogP contribution is -2.14. The van der Waals surface area contributed by atoms with E-state index in [0.29, 0.717) is 24.0 Å². The standard InChI is InChI=1S/C25H36O9/c1-17-18(25(33)34-24(17)32)14-12-10-8-6-4-2-3-5-7-9-11-13-15-19(22(28)29)20(23(30)31)16-21(26)27/h2-16H2,1H3,(H,26,27)(H,28,29)(H,30,31)/b20-19+. The van der Waals surface area contributed by atoms with Crippen LogP contribution in [0, 0.1) is 0 Å². The Morgan fingerprint density at radius 1 is 0.647 bits per heavy atom. The molecule has 0 aromatic rings. The second-order valence-electron chi connectivity index (χ2n) is 8.66. The predicted molar refractivity (Wildman–Crippen MR) is 123 cm³/mol. The highest BCUT2D eigenvalue weighted by Crippen LogP contribution is 2.23. The summed E-state index contributed by atoms with van der Waals surface area (Å²) >= 11 is 0. The molecule has 34 heavy (non-hydrogen) atoms. The largest absolute Gasteiger partial charge is 0.481 e. The van der Waals surface area contributed by atoms with Crippen molar-refractivity contribution >= 4 is 29.8 Å². The zero-order valence-electron chi connectivity index (χ0n) is 19.9. The van der Waals surface area contributed by atoms with Crippen molar-refractivity contribution in [3.63, 3.8) is 0 Å². The first-order valence-corrected chi connectivity index (χ1v) is 12.0. The first kappa shape index (κ1) is 29.1. The van der Waals surface area contributed by atoms with E-state index in [9.17, 15) is 29.1 Å². The molecule has 0 unspecified atom stereocenters. The van der Waals surface area contributed by atoms with Crippen molar-refractivity contribution < 1.29 is 44.0 Å². The van der Waals surface area contributed by atoms with Crippen LogP contribution < -0.4 is 0 Å². The van der Waals surface area contributed by atoms with Gasteiger partial charge in [0.25, 0.3) is 0 Å². The second-order valence-corrected chi connectivity index (χ2v) is 8.66. The molecule has 0 spiro atoms. The maximum Gasteiger partial charge on any atom is 0.342 e. The van der Waals surface area contributed by atoms with E-state index in [2.05, 4.69) is 4.74 Å². The third-order valence-corrected chi connectivity index (χ3v) is 6.00. The summed E-state index contributed by atoms with van der Waals surface area (Å²) in [5.74, 6) is -5.25. The molecule has 0 fully saturated rings. The smallest absolute Gasteiger partial charge is 0.342 e. The first-order chi connectivity index (χ1) is 16.1. The fourth-order valence-corrected chi connectivity index (χ4v) is 4.01. The minimum atomic E-state index is -1.50. The van der Waals surface area contributed by atoms with Gasteiger partial charge in [-0.1, -0.05) is 64.2 Å². The van der Waals surface area contributed by atoms with Gasteiger partial charge in [0.15, 0.2) is 0 Å². The van der Waals surface area contributed by atoms with E-state index in [-0.39, 0.29) is 12.0 Å². The molecule has 9 nitrogen and oxygen atoms in total. The fraction of sp³-hybridized carbons (Fsp3) is 0.640. The molecule has 0 aromatic heterocycles. The zero-order valence-corrected chi connectivity index (χ0v) is 19.9. The van der Waals surface area contributed by atoms with Crippen molar-refractivity contribution in [2.45, 2.75) is 103 Å². The number of hydrogen-bond donors (Lipinski definition) is 3. The van der Waals surface area contributed by atoms with Crippen molar-refractivity contribution in [1.29, 1.82) is 0 Å². The molecule has 0 amide bonds. The normalized spacial score (nSPS) is 14.3. The Labute approximate surface area is 199 Å². The fourth-order valence-electron chi connectivity index (χ4n) is 4.01. The van der Waals surface area contributed by atoms with Gasteiger partial charge < -0.3 is 20.1 Å². The van der Waals surface area contributed by atoms with E-state index in [0.717, 1.165) is 70.6 Å². The summed E-state index contributed by atoms with van der Waals surface area (Å²) in [4.78, 5) is 56.1. The van der Waals surface area contributed by atoms with Crippen LogP contribution in [0.15, 0.2) is 22.3 Å². The van der Waals surface area contributed by atoms with Gasteiger partial charge in [-0.3, -0.25) is 4.79 Å². The van der Waals surface area contributed by atoms with Gasteiger partial charge in [0, 0.05) is 16.7 Å². The number of carboxylic acid groups (broad SMARTS) is 3. The van der Waals surface area contributed by atoms with E-state index in [1.54, 1.807) is 6.92 Å². The van der Waals surface area contributed by atoms with Crippen LogP contribution in [0.3, 0.4) is 0 Å². The lowest BCUT2D eigenvalue weighted by molar-refractivity contribution is -0.151. The van der Waals surface area contributed by atoms with Crippen molar-refractivity contribution in [3.05, 3.63) is 22.3 Å². The molecule has 1 aliphatic heterocycles. The SMILES string of the molecule is CC1=C(CCCCCCCCCCCCCC/C(C(=O)O)=C(/CC(=O)O)C(=O)O)C(=O)OC1=O. The Balaban J connectivity index is 2.06. The molecule has 3 N–H and O–H groups in total. The number of hydrogen-bond acceptors (Lipinski definition) is 6. The number of carbonyl (C=O) groups is 5. The van der Waals surface area contributed by atoms with Crippen molar-refractivity contribution in [3.8, 4) is 0 Å². The van der Waals surface area contributed by atoms with Crippen LogP contribution >= 0.6 is 0 Å². The maximum absolute atomic E-state index is 11.5. The molecule has 1 heterocycles. The number of unbranched alkanes of at least 4 members (excludes halogenated alkanes) is 11. The molecule has 0 saturated heterocycles. The third-order valence-electron chi connectivity index (χ3n) is 6.00. The summed E-state index contributed by atoms with van der Waals surface area (Å²) in [7, 11) is 0. The molecule has 1 aliphatic rings. The summed E-state index contributed by atoms with van der Waals surface area (Å²) in [6, 6.07) is 0. The number of aliphatic carboxylic acids is 3. The molecular formula is C25H36O9. The van der Waals surface area contributed by atoms with Crippen molar-refractivity contribution in [1.82, 2.24) is 0 Å². The monoisotopic (exact) mass is 480 g/mol. The number of rotatable bonds is 19. The molecule has 0 aliphatic carbocycles. The third kappa shape index (κ3) is 10.8. The lowest BCUT2D eigenvalue weighted by atomic mass is 9.98. The Kier molecular flexibility index (Phi) is 13.5. The highest BCUT2D eigenvalue weighted by Gasteiger charge is 2.28. The van der Waals surface area contributed by atoms with Gasteiger partial charge >= 0.3 is 29.8 Å². The molecule has 9 heteroatoms. The summed E-state index contributed by atoms with van der Waals surface area (Å²) in [6.45, 7) is 1.63. The Morgan fingerprint density at radius 2 is 1.09 bits per heavy atom. The van der Waals surface area contributed by atoms with Gasteiger partial charge in [0.1, 0.15) is 0 Å². The maximum atomic E-state index is 11.5. The van der Waals surface area contributed by atoms with Gasteiger partial charge in [-0.05, 0) is 32.6 Å². The van der Waals surface area contributed by atoms with Crippen LogP contribution in [0.2, 0.25) is 0 Å². The average molecular weight is 481 g/mol. The van der Waals surface area contributed by atoms with Gasteiger partial charge in [0.05, 0.1) is 12.0 Å². The van der Waals surface area contributed by atoms with Gasteiger partial charge in [-0.25, -0.2) is 19.2 Å². The van der Waals surface area contributed by atoms with E-state index in [1.165, 1.54) is 0 Å². The van der Waals surface area contributed by atoms with Crippen LogP contribution in [-0.2, 0) is 28.7 Å². The predicted octanol–water partition coefficient (Wildman–Crippen LogP) is 4.79. The Bertz CT molecular complexity index is 820. The minimum Gasteiger partial charge on any atom is -0.481 e. The van der Waals surface area contributed by atoms with Crippen LogP contribution in [0.25, 0.3) is 0 Å². The van der Waals surface area contributed by atoms with E-state index in [4.69, 9.17) is 10.2 Å². The van der Waals surface area contributed by atoms with Crippen LogP contribution in [0.1, 0.15) is 103 Å². The molecule has 190 valence electrons. The molecule has 0 aromatic carbocycles. The average Bonchev–Trinajstić information content (AvgIpc) is 3.00. The molecular weight excluding hydrogens is 444 g/mol. The topological polar surface area (TPSA) is 155 Å². The molecule has 0 radical (unpaired) electrons. The van der Waals surface area contributed by atoms with Crippen LogP contribution in [0.5, 0.6) is 0 Å². The molecule has 0 atom stereocenters. The van der Waals surface area contributed by atoms with Crippen molar-refractivity contribution in [2.24, 2.45) is 0 Å². The Hall–Kier alpha value is -2.97.